The maximum atomic E-state index is 12.1. The highest BCUT2D eigenvalue weighted by Crippen LogP contribution is 2.37. The zero-order valence-electron chi connectivity index (χ0n) is 14.7. The molecule has 26 heavy (non-hydrogen) atoms. The van der Waals surface area contributed by atoms with Crippen LogP contribution in [0.25, 0.3) is 11.4 Å². The first-order valence-electron chi connectivity index (χ1n) is 8.52. The molecule has 6 nitrogen and oxygen atoms in total. The molecule has 3 aromatic rings. The molecule has 1 aromatic carbocycles. The minimum Gasteiger partial charge on any atom is -0.487 e. The number of para-hydroxylation sites is 1. The monoisotopic (exact) mass is 349 g/mol. The summed E-state index contributed by atoms with van der Waals surface area (Å²) < 4.78 is 11.1. The van der Waals surface area contributed by atoms with Gasteiger partial charge in [0.2, 0.25) is 0 Å². The number of hydrogen-bond donors (Lipinski definition) is 1. The Morgan fingerprint density at radius 3 is 2.77 bits per heavy atom. The molecule has 1 aliphatic heterocycles. The van der Waals surface area contributed by atoms with Crippen molar-refractivity contribution < 1.29 is 13.9 Å². The summed E-state index contributed by atoms with van der Waals surface area (Å²) in [5, 5.41) is 2.88. The smallest absolute Gasteiger partial charge is 0.254 e. The second-order valence-corrected chi connectivity index (χ2v) is 6.43. The summed E-state index contributed by atoms with van der Waals surface area (Å²) in [4.78, 5) is 21.1. The zero-order valence-corrected chi connectivity index (χ0v) is 14.7. The highest BCUT2D eigenvalue weighted by molar-refractivity contribution is 5.93. The molecule has 1 atom stereocenters. The molecule has 6 heteroatoms. The Hall–Kier alpha value is -3.15. The van der Waals surface area contributed by atoms with Crippen LogP contribution in [-0.2, 0) is 6.42 Å². The first-order chi connectivity index (χ1) is 12.6. The summed E-state index contributed by atoms with van der Waals surface area (Å²) in [6.45, 7) is 4.33. The average Bonchev–Trinajstić information content (AvgIpc) is 3.27. The molecule has 1 N–H and O–H groups in total. The third-order valence-corrected chi connectivity index (χ3v) is 4.33. The van der Waals surface area contributed by atoms with Gasteiger partial charge in [-0.25, -0.2) is 9.97 Å². The van der Waals surface area contributed by atoms with E-state index >= 15 is 0 Å². The van der Waals surface area contributed by atoms with E-state index in [9.17, 15) is 4.79 Å². The van der Waals surface area contributed by atoms with Crippen molar-refractivity contribution in [1.29, 1.82) is 0 Å². The molecule has 0 radical (unpaired) electrons. The minimum atomic E-state index is -0.170. The topological polar surface area (TPSA) is 77.2 Å². The Labute approximate surface area is 151 Å². The lowest BCUT2D eigenvalue weighted by Crippen LogP contribution is -2.34. The number of ether oxygens (including phenoxy) is 1. The highest BCUT2D eigenvalue weighted by atomic mass is 16.5. The van der Waals surface area contributed by atoms with Crippen LogP contribution in [0.5, 0.6) is 5.75 Å². The van der Waals surface area contributed by atoms with Crippen molar-refractivity contribution >= 4 is 5.91 Å². The van der Waals surface area contributed by atoms with Gasteiger partial charge in [-0.15, -0.1) is 0 Å². The van der Waals surface area contributed by atoms with Crippen LogP contribution in [0.3, 0.4) is 0 Å². The molecule has 0 bridgehead atoms. The van der Waals surface area contributed by atoms with Crippen molar-refractivity contribution in [2.45, 2.75) is 26.4 Å². The summed E-state index contributed by atoms with van der Waals surface area (Å²) in [6.07, 6.45) is 3.52. The number of hydrogen-bond acceptors (Lipinski definition) is 5. The van der Waals surface area contributed by atoms with Crippen LogP contribution < -0.4 is 10.1 Å². The predicted octanol–water partition coefficient (Wildman–Crippen LogP) is 3.09. The van der Waals surface area contributed by atoms with Crippen molar-refractivity contribution in [3.63, 3.8) is 0 Å². The highest BCUT2D eigenvalue weighted by Gasteiger charge is 2.27. The van der Waals surface area contributed by atoms with Crippen molar-refractivity contribution in [3.8, 4) is 17.1 Å². The lowest BCUT2D eigenvalue weighted by Gasteiger charge is -2.13. The van der Waals surface area contributed by atoms with E-state index in [1.807, 2.05) is 38.1 Å². The first kappa shape index (κ1) is 16.3. The lowest BCUT2D eigenvalue weighted by molar-refractivity contribution is 0.0933. The standard InChI is InChI=1S/C20H19N3O3/c1-12-8-13(2)23-19(22-12)17-5-3-4-14-9-16(26-18(14)17)10-21-20(24)15-6-7-25-11-15/h3-8,11,16H,9-10H2,1-2H3,(H,21,24). The molecule has 0 saturated heterocycles. The second-order valence-electron chi connectivity index (χ2n) is 6.43. The Balaban J connectivity index is 1.51. The fraction of sp³-hybridized carbons (Fsp3) is 0.250. The quantitative estimate of drug-likeness (QED) is 0.783. The number of fused-ring (bicyclic) bond motifs is 1. The number of carbonyl (C=O) groups excluding carboxylic acids is 1. The van der Waals surface area contributed by atoms with Gasteiger partial charge in [0.25, 0.3) is 5.91 Å². The van der Waals surface area contributed by atoms with E-state index in [0.29, 0.717) is 17.9 Å². The van der Waals surface area contributed by atoms with E-state index in [1.165, 1.54) is 12.5 Å². The summed E-state index contributed by atoms with van der Waals surface area (Å²) in [7, 11) is 0. The summed E-state index contributed by atoms with van der Waals surface area (Å²) in [5.74, 6) is 1.30. The van der Waals surface area contributed by atoms with Gasteiger partial charge in [-0.05, 0) is 37.6 Å². The molecule has 4 rings (SSSR count). The van der Waals surface area contributed by atoms with Gasteiger partial charge < -0.3 is 14.5 Å². The van der Waals surface area contributed by atoms with Crippen molar-refractivity contribution in [2.24, 2.45) is 0 Å². The van der Waals surface area contributed by atoms with Gasteiger partial charge in [-0.3, -0.25) is 4.79 Å². The molecule has 1 amide bonds. The fourth-order valence-corrected chi connectivity index (χ4v) is 3.18. The van der Waals surface area contributed by atoms with Crippen molar-refractivity contribution in [1.82, 2.24) is 15.3 Å². The van der Waals surface area contributed by atoms with Crippen LogP contribution in [0.1, 0.15) is 27.3 Å². The molecule has 132 valence electrons. The number of nitrogens with zero attached hydrogens (tertiary/aromatic N) is 2. The Bertz CT molecular complexity index is 931. The fourth-order valence-electron chi connectivity index (χ4n) is 3.18. The molecule has 1 aliphatic rings. The molecule has 0 fully saturated rings. The molecule has 0 saturated carbocycles. The molecule has 2 aromatic heterocycles. The molecule has 0 spiro atoms. The van der Waals surface area contributed by atoms with Crippen LogP contribution in [0.2, 0.25) is 0 Å². The normalized spacial score (nSPS) is 15.4. The van der Waals surface area contributed by atoms with E-state index < -0.39 is 0 Å². The van der Waals surface area contributed by atoms with Crippen molar-refractivity contribution in [3.05, 3.63) is 65.4 Å². The summed E-state index contributed by atoms with van der Waals surface area (Å²) in [5.41, 5.74) is 4.34. The van der Waals surface area contributed by atoms with Crippen LogP contribution in [0, 0.1) is 13.8 Å². The summed E-state index contributed by atoms with van der Waals surface area (Å²) in [6, 6.07) is 9.58. The SMILES string of the molecule is Cc1cc(C)nc(-c2cccc3c2OC(CNC(=O)c2ccoc2)C3)n1. The first-order valence-corrected chi connectivity index (χ1v) is 8.52. The number of benzene rings is 1. The van der Waals surface area contributed by atoms with E-state index in [1.54, 1.807) is 6.07 Å². The van der Waals surface area contributed by atoms with Gasteiger partial charge in [0, 0.05) is 17.8 Å². The van der Waals surface area contributed by atoms with E-state index in [0.717, 1.165) is 34.7 Å². The Morgan fingerprint density at radius 1 is 1.23 bits per heavy atom. The number of carbonyl (C=O) groups is 1. The number of aromatic nitrogens is 2. The van der Waals surface area contributed by atoms with E-state index in [-0.39, 0.29) is 12.0 Å². The van der Waals surface area contributed by atoms with Crippen LogP contribution in [-0.4, -0.2) is 28.5 Å². The maximum Gasteiger partial charge on any atom is 0.254 e. The molecule has 0 aliphatic carbocycles. The summed E-state index contributed by atoms with van der Waals surface area (Å²) >= 11 is 0. The molecular formula is C20H19N3O3. The van der Waals surface area contributed by atoms with Gasteiger partial charge >= 0.3 is 0 Å². The van der Waals surface area contributed by atoms with Crippen LogP contribution in [0.4, 0.5) is 0 Å². The third-order valence-electron chi connectivity index (χ3n) is 4.33. The number of aryl methyl sites for hydroxylation is 2. The van der Waals surface area contributed by atoms with Gasteiger partial charge in [0.1, 0.15) is 18.1 Å². The van der Waals surface area contributed by atoms with Gasteiger partial charge in [-0.2, -0.15) is 0 Å². The number of rotatable bonds is 4. The van der Waals surface area contributed by atoms with Gasteiger partial charge in [0.05, 0.1) is 23.9 Å². The molecule has 3 heterocycles. The minimum absolute atomic E-state index is 0.118. The van der Waals surface area contributed by atoms with Crippen LogP contribution in [0.15, 0.2) is 47.3 Å². The average molecular weight is 349 g/mol. The van der Waals surface area contributed by atoms with Crippen molar-refractivity contribution in [2.75, 3.05) is 6.54 Å². The Morgan fingerprint density at radius 2 is 2.04 bits per heavy atom. The predicted molar refractivity (Wildman–Crippen MR) is 96.1 cm³/mol. The van der Waals surface area contributed by atoms with Gasteiger partial charge in [0.15, 0.2) is 5.82 Å². The lowest BCUT2D eigenvalue weighted by atomic mass is 10.1. The Kier molecular flexibility index (Phi) is 4.16. The van der Waals surface area contributed by atoms with Crippen LogP contribution >= 0.6 is 0 Å². The van der Waals surface area contributed by atoms with Gasteiger partial charge in [-0.1, -0.05) is 12.1 Å². The number of nitrogens with one attached hydrogen (secondary N) is 1. The molecule has 1 unspecified atom stereocenters. The zero-order chi connectivity index (χ0) is 18.1. The van der Waals surface area contributed by atoms with E-state index in [2.05, 4.69) is 15.3 Å². The third kappa shape index (κ3) is 3.18. The number of amides is 1. The maximum absolute atomic E-state index is 12.1. The van der Waals surface area contributed by atoms with E-state index in [4.69, 9.17) is 9.15 Å². The second kappa shape index (κ2) is 6.63. The number of furan rings is 1. The largest absolute Gasteiger partial charge is 0.487 e. The molecular weight excluding hydrogens is 330 g/mol.